The predicted molar refractivity (Wildman–Crippen MR) is 82.1 cm³/mol. The zero-order chi connectivity index (χ0) is 14.7. The zero-order valence-electron chi connectivity index (χ0n) is 12.4. The molecule has 7 nitrogen and oxygen atoms in total. The number of hydrogen-bond acceptors (Lipinski definition) is 8. The molecule has 3 rings (SSSR count). The number of hydrogen-bond donors (Lipinski definition) is 1. The Balaban J connectivity index is 1.78. The van der Waals surface area contributed by atoms with Gasteiger partial charge >= 0.3 is 0 Å². The second-order valence-corrected chi connectivity index (χ2v) is 6.32. The van der Waals surface area contributed by atoms with Crippen molar-refractivity contribution in [2.24, 2.45) is 0 Å². The van der Waals surface area contributed by atoms with E-state index in [1.807, 2.05) is 7.05 Å². The van der Waals surface area contributed by atoms with E-state index in [-0.39, 0.29) is 6.10 Å². The van der Waals surface area contributed by atoms with Crippen LogP contribution in [0.1, 0.15) is 13.3 Å². The molecule has 0 amide bonds. The van der Waals surface area contributed by atoms with E-state index in [0.29, 0.717) is 11.2 Å². The van der Waals surface area contributed by atoms with Crippen molar-refractivity contribution in [3.8, 4) is 0 Å². The van der Waals surface area contributed by atoms with Crippen LogP contribution in [-0.4, -0.2) is 66.3 Å². The molecule has 8 heteroatoms. The number of nitrogens with zero attached hydrogens (tertiary/aromatic N) is 4. The van der Waals surface area contributed by atoms with Gasteiger partial charge in [0.15, 0.2) is 5.16 Å². The van der Waals surface area contributed by atoms with Gasteiger partial charge in [0.25, 0.3) is 0 Å². The third kappa shape index (κ3) is 3.56. The van der Waals surface area contributed by atoms with Gasteiger partial charge in [0.2, 0.25) is 11.9 Å². The normalized spacial score (nSPS) is 26.1. The fraction of sp³-hybridized carbons (Fsp3) is 0.769. The first-order chi connectivity index (χ1) is 10.3. The van der Waals surface area contributed by atoms with Crippen LogP contribution in [0.3, 0.4) is 0 Å². The third-order valence-corrected chi connectivity index (χ3v) is 5.00. The number of aromatic nitrogens is 3. The van der Waals surface area contributed by atoms with E-state index in [1.54, 1.807) is 11.8 Å². The SMILES string of the molecule is CNc1nc(SC2CCOC2C)nc(N2CCOCC2)n1. The number of morpholine rings is 1. The second kappa shape index (κ2) is 6.76. The van der Waals surface area contributed by atoms with E-state index in [9.17, 15) is 0 Å². The monoisotopic (exact) mass is 311 g/mol. The van der Waals surface area contributed by atoms with Crippen molar-refractivity contribution >= 4 is 23.7 Å². The smallest absolute Gasteiger partial charge is 0.231 e. The van der Waals surface area contributed by atoms with Crippen LogP contribution in [0.15, 0.2) is 5.16 Å². The van der Waals surface area contributed by atoms with Crippen LogP contribution in [0.5, 0.6) is 0 Å². The van der Waals surface area contributed by atoms with Crippen LogP contribution >= 0.6 is 11.8 Å². The molecule has 2 aliphatic rings. The van der Waals surface area contributed by atoms with Gasteiger partial charge in [-0.1, -0.05) is 11.8 Å². The lowest BCUT2D eigenvalue weighted by Gasteiger charge is -2.27. The Bertz CT molecular complexity index is 484. The van der Waals surface area contributed by atoms with Gasteiger partial charge in [-0.3, -0.25) is 0 Å². The van der Waals surface area contributed by atoms with Gasteiger partial charge < -0.3 is 19.7 Å². The Labute approximate surface area is 128 Å². The summed E-state index contributed by atoms with van der Waals surface area (Å²) in [5.74, 6) is 1.34. The highest BCUT2D eigenvalue weighted by molar-refractivity contribution is 7.99. The zero-order valence-corrected chi connectivity index (χ0v) is 13.2. The first kappa shape index (κ1) is 14.8. The maximum absolute atomic E-state index is 5.61. The van der Waals surface area contributed by atoms with Gasteiger partial charge in [0.05, 0.1) is 19.3 Å². The Morgan fingerprint density at radius 1 is 1.19 bits per heavy atom. The van der Waals surface area contributed by atoms with Crippen molar-refractivity contribution in [3.05, 3.63) is 0 Å². The number of thioether (sulfide) groups is 1. The molecular weight excluding hydrogens is 290 g/mol. The molecule has 21 heavy (non-hydrogen) atoms. The molecular formula is C13H21N5O2S. The molecule has 1 N–H and O–H groups in total. The van der Waals surface area contributed by atoms with Gasteiger partial charge in [-0.05, 0) is 13.3 Å². The van der Waals surface area contributed by atoms with E-state index in [1.165, 1.54) is 0 Å². The molecule has 0 spiro atoms. The maximum Gasteiger partial charge on any atom is 0.231 e. The summed E-state index contributed by atoms with van der Waals surface area (Å²) in [6.07, 6.45) is 1.29. The van der Waals surface area contributed by atoms with Crippen molar-refractivity contribution in [3.63, 3.8) is 0 Å². The lowest BCUT2D eigenvalue weighted by Crippen LogP contribution is -2.37. The third-order valence-electron chi connectivity index (χ3n) is 3.68. The molecule has 1 aromatic rings. The first-order valence-corrected chi connectivity index (χ1v) is 8.19. The second-order valence-electron chi connectivity index (χ2n) is 5.11. The summed E-state index contributed by atoms with van der Waals surface area (Å²) < 4.78 is 11.0. The summed E-state index contributed by atoms with van der Waals surface area (Å²) in [7, 11) is 1.83. The minimum Gasteiger partial charge on any atom is -0.378 e. The van der Waals surface area contributed by atoms with Gasteiger partial charge in [-0.15, -0.1) is 0 Å². The van der Waals surface area contributed by atoms with E-state index >= 15 is 0 Å². The van der Waals surface area contributed by atoms with Crippen molar-refractivity contribution in [1.29, 1.82) is 0 Å². The summed E-state index contributed by atoms with van der Waals surface area (Å²) in [6, 6.07) is 0. The van der Waals surface area contributed by atoms with E-state index in [0.717, 1.165) is 50.4 Å². The van der Waals surface area contributed by atoms with Crippen molar-refractivity contribution in [2.45, 2.75) is 29.9 Å². The van der Waals surface area contributed by atoms with Crippen LogP contribution in [0.4, 0.5) is 11.9 Å². The Morgan fingerprint density at radius 3 is 2.67 bits per heavy atom. The minimum absolute atomic E-state index is 0.247. The fourth-order valence-corrected chi connectivity index (χ4v) is 3.45. The number of ether oxygens (including phenoxy) is 2. The molecule has 0 aromatic carbocycles. The van der Waals surface area contributed by atoms with E-state index in [2.05, 4.69) is 32.1 Å². The van der Waals surface area contributed by atoms with Crippen molar-refractivity contribution in [1.82, 2.24) is 15.0 Å². The van der Waals surface area contributed by atoms with E-state index in [4.69, 9.17) is 9.47 Å². The standard InChI is InChI=1S/C13H21N5O2S/c1-9-10(3-6-20-9)21-13-16-11(14-2)15-12(17-13)18-4-7-19-8-5-18/h9-10H,3-8H2,1-2H3,(H,14,15,16,17). The average molecular weight is 311 g/mol. The number of rotatable bonds is 4. The van der Waals surface area contributed by atoms with Gasteiger partial charge in [-0.25, -0.2) is 0 Å². The molecule has 2 fully saturated rings. The Morgan fingerprint density at radius 2 is 2.00 bits per heavy atom. The fourth-order valence-electron chi connectivity index (χ4n) is 2.42. The molecule has 0 aliphatic carbocycles. The topological polar surface area (TPSA) is 72.4 Å². The van der Waals surface area contributed by atoms with Crippen LogP contribution in [-0.2, 0) is 9.47 Å². The Hall–Kier alpha value is -1.12. The molecule has 2 saturated heterocycles. The van der Waals surface area contributed by atoms with E-state index < -0.39 is 0 Å². The predicted octanol–water partition coefficient (Wildman–Crippen LogP) is 1.02. The summed E-state index contributed by atoms with van der Waals surface area (Å²) >= 11 is 1.68. The maximum atomic E-state index is 5.61. The highest BCUT2D eigenvalue weighted by Gasteiger charge is 2.27. The Kier molecular flexibility index (Phi) is 4.77. The summed E-state index contributed by atoms with van der Waals surface area (Å²) in [5, 5.41) is 4.19. The van der Waals surface area contributed by atoms with Crippen LogP contribution in [0, 0.1) is 0 Å². The summed E-state index contributed by atoms with van der Waals surface area (Å²) in [6.45, 7) is 6.00. The molecule has 0 bridgehead atoms. The van der Waals surface area contributed by atoms with Crippen molar-refractivity contribution < 1.29 is 9.47 Å². The first-order valence-electron chi connectivity index (χ1n) is 7.31. The molecule has 116 valence electrons. The lowest BCUT2D eigenvalue weighted by molar-refractivity contribution is 0.122. The van der Waals surface area contributed by atoms with Gasteiger partial charge in [0, 0.05) is 32.0 Å². The molecule has 3 heterocycles. The number of anilines is 2. The largest absolute Gasteiger partial charge is 0.378 e. The van der Waals surface area contributed by atoms with Gasteiger partial charge in [-0.2, -0.15) is 15.0 Å². The minimum atomic E-state index is 0.247. The molecule has 2 aliphatic heterocycles. The van der Waals surface area contributed by atoms with Crippen LogP contribution < -0.4 is 10.2 Å². The quantitative estimate of drug-likeness (QED) is 0.883. The van der Waals surface area contributed by atoms with Crippen LogP contribution in [0.25, 0.3) is 0 Å². The molecule has 1 aromatic heterocycles. The highest BCUT2D eigenvalue weighted by atomic mass is 32.2. The molecule has 0 radical (unpaired) electrons. The van der Waals surface area contributed by atoms with Crippen LogP contribution in [0.2, 0.25) is 0 Å². The molecule has 2 unspecified atom stereocenters. The summed E-state index contributed by atoms with van der Waals surface area (Å²) in [5.41, 5.74) is 0. The lowest BCUT2D eigenvalue weighted by atomic mass is 10.3. The van der Waals surface area contributed by atoms with Gasteiger partial charge in [0.1, 0.15) is 0 Å². The van der Waals surface area contributed by atoms with Crippen molar-refractivity contribution in [2.75, 3.05) is 50.2 Å². The molecule has 2 atom stereocenters. The average Bonchev–Trinajstić information content (AvgIpc) is 2.93. The molecule has 0 saturated carbocycles. The summed E-state index contributed by atoms with van der Waals surface area (Å²) in [4.78, 5) is 15.7. The highest BCUT2D eigenvalue weighted by Crippen LogP contribution is 2.31. The number of nitrogens with one attached hydrogen (secondary N) is 1.